The summed E-state index contributed by atoms with van der Waals surface area (Å²) in [5.74, 6) is -0.754. The Morgan fingerprint density at radius 3 is 2.38 bits per heavy atom. The third kappa shape index (κ3) is 3.86. The van der Waals surface area contributed by atoms with Crippen molar-refractivity contribution in [3.05, 3.63) is 0 Å². The van der Waals surface area contributed by atoms with Gasteiger partial charge in [0.05, 0.1) is 6.42 Å². The minimum Gasteiger partial charge on any atom is -0.307 e. The molecule has 0 radical (unpaired) electrons. The Kier molecular flexibility index (Phi) is 3.51. The lowest BCUT2D eigenvalue weighted by molar-refractivity contribution is -1.62. The van der Waals surface area contributed by atoms with Crippen LogP contribution in [0, 0.1) is 10.8 Å². The van der Waals surface area contributed by atoms with Crippen LogP contribution in [0.3, 0.4) is 0 Å². The van der Waals surface area contributed by atoms with Gasteiger partial charge in [0.25, 0.3) is 0 Å². The second-order valence-electron chi connectivity index (χ2n) is 0.992. The van der Waals surface area contributed by atoms with Crippen molar-refractivity contribution >= 4 is 5.97 Å². The molecule has 0 aliphatic heterocycles. The van der Waals surface area contributed by atoms with Crippen LogP contribution in [0.4, 0.5) is 0 Å². The molecule has 0 saturated heterocycles. The smallest absolute Gasteiger partial charge is 0.307 e. The van der Waals surface area contributed by atoms with Crippen molar-refractivity contribution in [2.75, 3.05) is 0 Å². The molecule has 0 rings (SSSR count). The minimum atomic E-state index is -2.39. The number of rotatable bonds is 2. The fourth-order valence-corrected chi connectivity index (χ4v) is 0.374. The largest absolute Gasteiger partial charge is 0.421 e. The van der Waals surface area contributed by atoms with Gasteiger partial charge in [0, 0.05) is 0 Å². The molecule has 0 unspecified atom stereocenters. The topological polar surface area (TPSA) is 72.4 Å². The molecule has 0 N–H and O–H groups in total. The highest BCUT2D eigenvalue weighted by molar-refractivity contribution is 5.67. The van der Waals surface area contributed by atoms with E-state index >= 15 is 0 Å². The van der Waals surface area contributed by atoms with Crippen molar-refractivity contribution in [2.45, 2.75) is 13.3 Å². The van der Waals surface area contributed by atoms with E-state index in [1.807, 2.05) is 0 Å². The molecule has 4 nitrogen and oxygen atoms in total. The van der Waals surface area contributed by atoms with E-state index in [1.54, 1.807) is 0 Å². The van der Waals surface area contributed by atoms with Crippen molar-refractivity contribution < 1.29 is 29.2 Å². The lowest BCUT2D eigenvalue weighted by Crippen LogP contribution is -2.35. The van der Waals surface area contributed by atoms with Gasteiger partial charge in [0.1, 0.15) is 0 Å². The summed E-state index contributed by atoms with van der Waals surface area (Å²) in [7, 11) is -2.39. The lowest BCUT2D eigenvalue weighted by Gasteiger charge is -1.88. The maximum absolute atomic E-state index is 10.00. The molecule has 0 fully saturated rings. The molecule has 0 spiro atoms. The fraction of sp³-hybridized carbons (Fsp3) is 0.667. The molecule has 0 aromatic rings. The number of hydrogen-bond acceptors (Lipinski definition) is 4. The van der Waals surface area contributed by atoms with Crippen LogP contribution >= 0.6 is 0 Å². The Bertz CT molecular complexity index is 81.4. The molecule has 0 aromatic carbocycles. The SMILES string of the molecule is CCC(=O)O[Cl+2]([O-])[O-]. The zero-order valence-corrected chi connectivity index (χ0v) is 4.97. The summed E-state index contributed by atoms with van der Waals surface area (Å²) in [6.07, 6.45) is 0.0681. The standard InChI is InChI=1S/C3H5ClO4/c1-2-3(5)8-4(6)7/h2H2,1H3. The zero-order valence-electron chi connectivity index (χ0n) is 4.22. The van der Waals surface area contributed by atoms with Gasteiger partial charge < -0.3 is 9.32 Å². The zero-order chi connectivity index (χ0) is 6.57. The fourth-order valence-electron chi connectivity index (χ4n) is 0.125. The molecule has 0 aliphatic rings. The van der Waals surface area contributed by atoms with E-state index < -0.39 is 16.8 Å². The van der Waals surface area contributed by atoms with Crippen LogP contribution in [-0.2, 0) is 9.08 Å². The summed E-state index contributed by atoms with van der Waals surface area (Å²) < 4.78 is 22.6. The highest BCUT2D eigenvalue weighted by Gasteiger charge is 2.13. The van der Waals surface area contributed by atoms with Gasteiger partial charge in [-0.1, -0.05) is 11.2 Å². The monoisotopic (exact) mass is 140 g/mol. The molecule has 5 heteroatoms. The molecule has 0 aromatic heterocycles. The van der Waals surface area contributed by atoms with E-state index in [1.165, 1.54) is 6.92 Å². The van der Waals surface area contributed by atoms with Crippen LogP contribution < -0.4 is 9.32 Å². The Balaban J connectivity index is 3.25. The van der Waals surface area contributed by atoms with E-state index in [0.29, 0.717) is 0 Å². The molecule has 0 bridgehead atoms. The first-order valence-corrected chi connectivity index (χ1v) is 2.86. The quantitative estimate of drug-likeness (QED) is 0.446. The number of carbonyl (C=O) groups excluding carboxylic acids is 1. The van der Waals surface area contributed by atoms with Crippen molar-refractivity contribution in [3.8, 4) is 0 Å². The molecular weight excluding hydrogens is 135 g/mol. The van der Waals surface area contributed by atoms with Gasteiger partial charge in [-0.3, -0.25) is 0 Å². The van der Waals surface area contributed by atoms with Gasteiger partial charge in [0.2, 0.25) is 0 Å². The summed E-state index contributed by atoms with van der Waals surface area (Å²) >= 11 is 0. The minimum absolute atomic E-state index is 0.0681. The van der Waals surface area contributed by atoms with E-state index in [2.05, 4.69) is 4.29 Å². The van der Waals surface area contributed by atoms with E-state index in [9.17, 15) is 14.1 Å². The summed E-state index contributed by atoms with van der Waals surface area (Å²) in [5.41, 5.74) is 0. The summed E-state index contributed by atoms with van der Waals surface area (Å²) in [4.78, 5) is 10.00. The van der Waals surface area contributed by atoms with Crippen molar-refractivity contribution in [1.82, 2.24) is 0 Å². The number of halogens is 1. The highest BCUT2D eigenvalue weighted by atomic mass is 35.6. The Morgan fingerprint density at radius 1 is 1.75 bits per heavy atom. The molecule has 0 heterocycles. The molecular formula is C3H5ClO4. The van der Waals surface area contributed by atoms with Crippen LogP contribution in [-0.4, -0.2) is 5.97 Å². The third-order valence-corrected chi connectivity index (χ3v) is 0.736. The van der Waals surface area contributed by atoms with E-state index in [0.717, 1.165) is 0 Å². The Morgan fingerprint density at radius 2 is 2.25 bits per heavy atom. The average Bonchev–Trinajstić information content (AvgIpc) is 1.65. The lowest BCUT2D eigenvalue weighted by atomic mass is 10.5. The van der Waals surface area contributed by atoms with E-state index in [-0.39, 0.29) is 6.42 Å². The first-order valence-electron chi connectivity index (χ1n) is 1.93. The van der Waals surface area contributed by atoms with Gasteiger partial charge in [-0.25, -0.2) is 4.79 Å². The molecule has 0 saturated carbocycles. The number of carbonyl (C=O) groups is 1. The van der Waals surface area contributed by atoms with E-state index in [4.69, 9.17) is 0 Å². The molecule has 8 heavy (non-hydrogen) atoms. The Labute approximate surface area is 49.5 Å². The van der Waals surface area contributed by atoms with Gasteiger partial charge in [-0.15, -0.1) is 0 Å². The third-order valence-electron chi connectivity index (χ3n) is 0.438. The second kappa shape index (κ2) is 3.65. The number of hydrogen-bond donors (Lipinski definition) is 0. The van der Waals surface area contributed by atoms with Crippen LogP contribution in [0.25, 0.3) is 0 Å². The van der Waals surface area contributed by atoms with Crippen LogP contribution in [0.5, 0.6) is 0 Å². The maximum atomic E-state index is 10.00. The first kappa shape index (κ1) is 7.68. The maximum Gasteiger partial charge on any atom is 0.421 e. The van der Waals surface area contributed by atoms with Crippen molar-refractivity contribution in [3.63, 3.8) is 0 Å². The highest BCUT2D eigenvalue weighted by Crippen LogP contribution is 1.84. The second-order valence-corrected chi connectivity index (χ2v) is 1.52. The van der Waals surface area contributed by atoms with Gasteiger partial charge in [0.15, 0.2) is 0 Å². The van der Waals surface area contributed by atoms with Crippen LogP contribution in [0.15, 0.2) is 0 Å². The molecule has 0 amide bonds. The predicted octanol–water partition coefficient (Wildman–Crippen LogP) is -1.97. The van der Waals surface area contributed by atoms with Crippen molar-refractivity contribution in [2.24, 2.45) is 0 Å². The summed E-state index contributed by atoms with van der Waals surface area (Å²) in [6, 6.07) is 0. The summed E-state index contributed by atoms with van der Waals surface area (Å²) in [5, 5.41) is 0. The Hall–Kier alpha value is -0.320. The predicted molar refractivity (Wildman–Crippen MR) is 16.4 cm³/mol. The first-order chi connectivity index (χ1) is 3.66. The average molecular weight is 141 g/mol. The van der Waals surface area contributed by atoms with Gasteiger partial charge in [-0.2, -0.15) is 0 Å². The summed E-state index contributed by atoms with van der Waals surface area (Å²) in [6.45, 7) is 1.50. The van der Waals surface area contributed by atoms with Gasteiger partial charge >= 0.3 is 16.8 Å². The van der Waals surface area contributed by atoms with Crippen LogP contribution in [0.1, 0.15) is 13.3 Å². The molecule has 0 atom stereocenters. The van der Waals surface area contributed by atoms with Crippen molar-refractivity contribution in [1.29, 1.82) is 0 Å². The molecule has 0 aliphatic carbocycles. The normalized spacial score (nSPS) is 9.50. The van der Waals surface area contributed by atoms with Crippen LogP contribution in [0.2, 0.25) is 0 Å². The molecule has 48 valence electrons. The van der Waals surface area contributed by atoms with Gasteiger partial charge in [-0.05, 0) is 0 Å².